The second kappa shape index (κ2) is 9.02. The first-order chi connectivity index (χ1) is 12.7. The molecule has 1 saturated carbocycles. The number of allylic oxidation sites excluding steroid dienone is 1. The molecule has 1 heterocycles. The number of hydrogen-bond donors (Lipinski definition) is 1. The van der Waals surface area contributed by atoms with Crippen LogP contribution in [0.2, 0.25) is 0 Å². The van der Waals surface area contributed by atoms with E-state index in [4.69, 9.17) is 0 Å². The number of carbonyl (C=O) groups is 2. The molecular weight excluding hydrogens is 324 g/mol. The highest BCUT2D eigenvalue weighted by molar-refractivity contribution is 5.98. The molecule has 2 amide bonds. The summed E-state index contributed by atoms with van der Waals surface area (Å²) < 4.78 is 0. The SMILES string of the molecule is CC/C(=C\C(=O)N1CCC[C@H]1C(=O)NC1CCCCC1)c1ccccc1. The molecule has 26 heavy (non-hydrogen) atoms. The minimum atomic E-state index is -0.311. The molecule has 1 atom stereocenters. The van der Waals surface area contributed by atoms with E-state index in [9.17, 15) is 9.59 Å². The van der Waals surface area contributed by atoms with Gasteiger partial charge in [0, 0.05) is 18.7 Å². The van der Waals surface area contributed by atoms with Gasteiger partial charge in [-0.25, -0.2) is 0 Å². The Hall–Kier alpha value is -2.10. The lowest BCUT2D eigenvalue weighted by Crippen LogP contribution is -2.48. The number of hydrogen-bond acceptors (Lipinski definition) is 2. The van der Waals surface area contributed by atoms with Crippen LogP contribution in [0.15, 0.2) is 36.4 Å². The first kappa shape index (κ1) is 18.7. The van der Waals surface area contributed by atoms with E-state index < -0.39 is 0 Å². The number of likely N-dealkylation sites (tertiary alicyclic amines) is 1. The third-order valence-corrected chi connectivity index (χ3v) is 5.61. The van der Waals surface area contributed by atoms with Crippen molar-refractivity contribution in [2.45, 2.75) is 70.4 Å². The topological polar surface area (TPSA) is 49.4 Å². The van der Waals surface area contributed by atoms with Crippen LogP contribution in [0.5, 0.6) is 0 Å². The van der Waals surface area contributed by atoms with Crippen LogP contribution in [0.3, 0.4) is 0 Å². The van der Waals surface area contributed by atoms with Crippen molar-refractivity contribution in [2.24, 2.45) is 0 Å². The smallest absolute Gasteiger partial charge is 0.247 e. The van der Waals surface area contributed by atoms with Gasteiger partial charge in [0.2, 0.25) is 11.8 Å². The Labute approximate surface area is 156 Å². The predicted octanol–water partition coefficient (Wildman–Crippen LogP) is 3.92. The number of nitrogens with one attached hydrogen (secondary N) is 1. The van der Waals surface area contributed by atoms with Gasteiger partial charge in [-0.05, 0) is 43.2 Å². The Morgan fingerprint density at radius 2 is 1.81 bits per heavy atom. The average molecular weight is 354 g/mol. The van der Waals surface area contributed by atoms with E-state index in [-0.39, 0.29) is 17.9 Å². The first-order valence-corrected chi connectivity index (χ1v) is 10.1. The Kier molecular flexibility index (Phi) is 6.48. The highest BCUT2D eigenvalue weighted by Crippen LogP contribution is 2.23. The minimum absolute atomic E-state index is 0.0352. The first-order valence-electron chi connectivity index (χ1n) is 10.1. The van der Waals surface area contributed by atoms with Gasteiger partial charge in [-0.1, -0.05) is 56.5 Å². The van der Waals surface area contributed by atoms with Crippen molar-refractivity contribution < 1.29 is 9.59 Å². The monoisotopic (exact) mass is 354 g/mol. The van der Waals surface area contributed by atoms with E-state index in [0.717, 1.165) is 43.2 Å². The van der Waals surface area contributed by atoms with Crippen molar-refractivity contribution in [3.05, 3.63) is 42.0 Å². The van der Waals surface area contributed by atoms with Crippen molar-refractivity contribution in [3.63, 3.8) is 0 Å². The molecule has 4 heteroatoms. The van der Waals surface area contributed by atoms with Crippen molar-refractivity contribution >= 4 is 17.4 Å². The summed E-state index contributed by atoms with van der Waals surface area (Å²) in [5.41, 5.74) is 2.10. The van der Waals surface area contributed by atoms with Crippen molar-refractivity contribution in [1.29, 1.82) is 0 Å². The van der Waals surface area contributed by atoms with Gasteiger partial charge in [0.05, 0.1) is 0 Å². The normalized spacial score (nSPS) is 21.7. The van der Waals surface area contributed by atoms with Gasteiger partial charge in [0.25, 0.3) is 0 Å². The maximum Gasteiger partial charge on any atom is 0.247 e. The molecule has 1 aliphatic carbocycles. The molecule has 4 nitrogen and oxygen atoms in total. The molecule has 1 aromatic carbocycles. The molecule has 0 aromatic heterocycles. The molecule has 2 fully saturated rings. The molecule has 0 unspecified atom stereocenters. The zero-order valence-corrected chi connectivity index (χ0v) is 15.7. The van der Waals surface area contributed by atoms with Crippen LogP contribution in [0.25, 0.3) is 5.57 Å². The zero-order valence-electron chi connectivity index (χ0n) is 15.7. The fraction of sp³-hybridized carbons (Fsp3) is 0.545. The van der Waals surface area contributed by atoms with Crippen molar-refractivity contribution in [3.8, 4) is 0 Å². The molecule has 2 aliphatic rings. The second-order valence-electron chi connectivity index (χ2n) is 7.42. The summed E-state index contributed by atoms with van der Waals surface area (Å²) in [6, 6.07) is 9.98. The molecule has 1 aliphatic heterocycles. The standard InChI is InChI=1S/C22H30N2O2/c1-2-17(18-10-5-3-6-11-18)16-21(25)24-15-9-14-20(24)22(26)23-19-12-7-4-8-13-19/h3,5-6,10-11,16,19-20H,2,4,7-9,12-15H2,1H3,(H,23,26)/b17-16+/t20-/m0/s1. The molecule has 0 radical (unpaired) electrons. The van der Waals surface area contributed by atoms with Crippen LogP contribution in [-0.4, -0.2) is 35.3 Å². The molecule has 1 N–H and O–H groups in total. The molecule has 0 spiro atoms. The van der Waals surface area contributed by atoms with E-state index in [2.05, 4.69) is 12.2 Å². The second-order valence-corrected chi connectivity index (χ2v) is 7.42. The third-order valence-electron chi connectivity index (χ3n) is 5.61. The number of nitrogens with zero attached hydrogens (tertiary/aromatic N) is 1. The summed E-state index contributed by atoms with van der Waals surface area (Å²) in [7, 11) is 0. The van der Waals surface area contributed by atoms with Crippen LogP contribution in [-0.2, 0) is 9.59 Å². The highest BCUT2D eigenvalue weighted by atomic mass is 16.2. The number of benzene rings is 1. The quantitative estimate of drug-likeness (QED) is 0.815. The van der Waals surface area contributed by atoms with E-state index in [0.29, 0.717) is 12.6 Å². The molecule has 140 valence electrons. The number of rotatable bonds is 5. The molecule has 0 bridgehead atoms. The maximum atomic E-state index is 12.9. The summed E-state index contributed by atoms with van der Waals surface area (Å²) in [5.74, 6) is 0.000840. The van der Waals surface area contributed by atoms with Crippen LogP contribution in [0.4, 0.5) is 0 Å². The largest absolute Gasteiger partial charge is 0.352 e. The van der Waals surface area contributed by atoms with E-state index in [1.807, 2.05) is 30.3 Å². The molecule has 1 aromatic rings. The number of carbonyl (C=O) groups excluding carboxylic acids is 2. The highest BCUT2D eigenvalue weighted by Gasteiger charge is 2.34. The summed E-state index contributed by atoms with van der Waals surface area (Å²) >= 11 is 0. The molecular formula is C22H30N2O2. The fourth-order valence-corrected chi connectivity index (χ4v) is 4.12. The number of amides is 2. The van der Waals surface area contributed by atoms with Crippen LogP contribution in [0, 0.1) is 0 Å². The van der Waals surface area contributed by atoms with Gasteiger partial charge >= 0.3 is 0 Å². The van der Waals surface area contributed by atoms with Crippen LogP contribution < -0.4 is 5.32 Å². The van der Waals surface area contributed by atoms with Gasteiger partial charge < -0.3 is 10.2 Å². The summed E-state index contributed by atoms with van der Waals surface area (Å²) in [6.07, 6.45) is 9.98. The van der Waals surface area contributed by atoms with Crippen molar-refractivity contribution in [2.75, 3.05) is 6.54 Å². The van der Waals surface area contributed by atoms with Crippen LogP contribution in [0.1, 0.15) is 63.9 Å². The summed E-state index contributed by atoms with van der Waals surface area (Å²) in [5, 5.41) is 3.19. The summed E-state index contributed by atoms with van der Waals surface area (Å²) in [6.45, 7) is 2.73. The van der Waals surface area contributed by atoms with Crippen LogP contribution >= 0.6 is 0 Å². The van der Waals surface area contributed by atoms with Crippen molar-refractivity contribution in [1.82, 2.24) is 10.2 Å². The summed E-state index contributed by atoms with van der Waals surface area (Å²) in [4.78, 5) is 27.4. The minimum Gasteiger partial charge on any atom is -0.352 e. The Morgan fingerprint density at radius 3 is 2.50 bits per heavy atom. The fourth-order valence-electron chi connectivity index (χ4n) is 4.12. The lowest BCUT2D eigenvalue weighted by molar-refractivity contribution is -0.135. The average Bonchev–Trinajstić information content (AvgIpc) is 3.17. The molecule has 1 saturated heterocycles. The van der Waals surface area contributed by atoms with E-state index in [1.165, 1.54) is 19.3 Å². The third kappa shape index (κ3) is 4.54. The van der Waals surface area contributed by atoms with Gasteiger partial charge in [0.15, 0.2) is 0 Å². The van der Waals surface area contributed by atoms with E-state index in [1.54, 1.807) is 11.0 Å². The van der Waals surface area contributed by atoms with Gasteiger partial charge in [-0.2, -0.15) is 0 Å². The lowest BCUT2D eigenvalue weighted by Gasteiger charge is -2.28. The lowest BCUT2D eigenvalue weighted by atomic mass is 9.95. The predicted molar refractivity (Wildman–Crippen MR) is 104 cm³/mol. The maximum absolute atomic E-state index is 12.9. The zero-order chi connectivity index (χ0) is 18.4. The van der Waals surface area contributed by atoms with Gasteiger partial charge in [-0.3, -0.25) is 9.59 Å². The Bertz CT molecular complexity index is 647. The van der Waals surface area contributed by atoms with Gasteiger partial charge in [-0.15, -0.1) is 0 Å². The van der Waals surface area contributed by atoms with E-state index >= 15 is 0 Å². The van der Waals surface area contributed by atoms with Gasteiger partial charge in [0.1, 0.15) is 6.04 Å². The Balaban J connectivity index is 1.67. The Morgan fingerprint density at radius 1 is 1.08 bits per heavy atom. The molecule has 3 rings (SSSR count).